The van der Waals surface area contributed by atoms with Crippen LogP contribution in [-0.4, -0.2) is 43.9 Å². The summed E-state index contributed by atoms with van der Waals surface area (Å²) in [7, 11) is 1.55. The van der Waals surface area contributed by atoms with Crippen LogP contribution in [0.25, 0.3) is 11.1 Å². The van der Waals surface area contributed by atoms with Crippen LogP contribution in [0.15, 0.2) is 53.5 Å². The Bertz CT molecular complexity index is 1010. The highest BCUT2D eigenvalue weighted by Gasteiger charge is 2.29. The smallest absolute Gasteiger partial charge is 0.274 e. The van der Waals surface area contributed by atoms with Gasteiger partial charge in [0.25, 0.3) is 11.5 Å². The molecule has 0 spiro atoms. The number of piperidine rings is 1. The van der Waals surface area contributed by atoms with E-state index >= 15 is 0 Å². The van der Waals surface area contributed by atoms with E-state index in [1.54, 1.807) is 7.05 Å². The first kappa shape index (κ1) is 17.2. The van der Waals surface area contributed by atoms with Crippen molar-refractivity contribution in [2.75, 3.05) is 13.1 Å². The van der Waals surface area contributed by atoms with E-state index in [2.05, 4.69) is 27.4 Å². The maximum Gasteiger partial charge on any atom is 0.274 e. The lowest BCUT2D eigenvalue weighted by atomic mass is 9.90. The van der Waals surface area contributed by atoms with Gasteiger partial charge in [-0.25, -0.2) is 4.68 Å². The molecule has 1 N–H and O–H groups in total. The van der Waals surface area contributed by atoms with Gasteiger partial charge in [-0.15, -0.1) is 0 Å². The second-order valence-corrected chi connectivity index (χ2v) is 6.83. The number of hydrogen-bond donors (Lipinski definition) is 1. The fraction of sp³-hybridized carbons (Fsp3) is 0.300. The van der Waals surface area contributed by atoms with Crippen molar-refractivity contribution in [3.05, 3.63) is 70.4 Å². The molecule has 4 rings (SSSR count). The summed E-state index contributed by atoms with van der Waals surface area (Å²) in [5.74, 6) is 0.0454. The number of likely N-dealkylation sites (tertiary alicyclic amines) is 1. The largest absolute Gasteiger partial charge is 0.337 e. The van der Waals surface area contributed by atoms with Crippen molar-refractivity contribution < 1.29 is 4.79 Å². The highest BCUT2D eigenvalue weighted by atomic mass is 16.2. The fourth-order valence-electron chi connectivity index (χ4n) is 3.63. The summed E-state index contributed by atoms with van der Waals surface area (Å²) >= 11 is 0. The Hall–Kier alpha value is -3.22. The number of H-pyrrole nitrogens is 1. The highest BCUT2D eigenvalue weighted by Crippen LogP contribution is 2.33. The fourth-order valence-corrected chi connectivity index (χ4v) is 3.63. The third-order valence-electron chi connectivity index (χ3n) is 5.05. The Labute approximate surface area is 156 Å². The van der Waals surface area contributed by atoms with Crippen LogP contribution >= 0.6 is 0 Å². The van der Waals surface area contributed by atoms with Gasteiger partial charge in [0.2, 0.25) is 0 Å². The molecule has 0 bridgehead atoms. The molecule has 3 aromatic rings. The van der Waals surface area contributed by atoms with Crippen molar-refractivity contribution in [2.24, 2.45) is 7.05 Å². The molecule has 0 unspecified atom stereocenters. The Morgan fingerprint density at radius 2 is 2.00 bits per heavy atom. The number of aryl methyl sites for hydroxylation is 1. The van der Waals surface area contributed by atoms with Gasteiger partial charge in [-0.2, -0.15) is 10.2 Å². The van der Waals surface area contributed by atoms with Gasteiger partial charge in [-0.1, -0.05) is 30.3 Å². The number of benzene rings is 1. The van der Waals surface area contributed by atoms with E-state index in [4.69, 9.17) is 0 Å². The van der Waals surface area contributed by atoms with Crippen LogP contribution in [0.3, 0.4) is 0 Å². The molecule has 1 aromatic carbocycles. The summed E-state index contributed by atoms with van der Waals surface area (Å²) in [4.78, 5) is 26.2. The zero-order valence-electron chi connectivity index (χ0n) is 15.1. The van der Waals surface area contributed by atoms with Gasteiger partial charge in [0.1, 0.15) is 5.69 Å². The molecule has 3 heterocycles. The van der Waals surface area contributed by atoms with Crippen molar-refractivity contribution in [3.63, 3.8) is 0 Å². The van der Waals surface area contributed by atoms with Crippen LogP contribution in [0, 0.1) is 0 Å². The topological polar surface area (TPSA) is 83.9 Å². The predicted molar refractivity (Wildman–Crippen MR) is 101 cm³/mol. The molecule has 1 aliphatic heterocycles. The zero-order chi connectivity index (χ0) is 18.8. The molecule has 2 aromatic heterocycles. The Morgan fingerprint density at radius 1 is 1.19 bits per heavy atom. The number of amides is 1. The van der Waals surface area contributed by atoms with E-state index in [1.165, 1.54) is 16.8 Å². The molecule has 27 heavy (non-hydrogen) atoms. The van der Waals surface area contributed by atoms with E-state index in [1.807, 2.05) is 29.3 Å². The van der Waals surface area contributed by atoms with Crippen LogP contribution in [0.2, 0.25) is 0 Å². The molecule has 1 fully saturated rings. The average Bonchev–Trinajstić information content (AvgIpc) is 3.20. The van der Waals surface area contributed by atoms with Crippen LogP contribution < -0.4 is 5.56 Å². The first-order valence-electron chi connectivity index (χ1n) is 9.06. The van der Waals surface area contributed by atoms with Gasteiger partial charge >= 0.3 is 0 Å². The van der Waals surface area contributed by atoms with E-state index in [0.717, 1.165) is 29.7 Å². The van der Waals surface area contributed by atoms with Crippen LogP contribution in [0.5, 0.6) is 0 Å². The number of nitrogens with one attached hydrogen (secondary N) is 1. The molecule has 0 aliphatic carbocycles. The minimum absolute atomic E-state index is 0.143. The number of rotatable bonds is 3. The van der Waals surface area contributed by atoms with Crippen molar-refractivity contribution in [2.45, 2.75) is 18.8 Å². The second-order valence-electron chi connectivity index (χ2n) is 6.83. The summed E-state index contributed by atoms with van der Waals surface area (Å²) in [6.07, 6.45) is 3.75. The standard InChI is InChI=1S/C20H21N5O2/c1-24-18(26)10-9-17(23-24)20(27)25-11-5-8-15(13-25)19-16(12-21-22-19)14-6-3-2-4-7-14/h2-4,6-7,9-10,12,15H,5,8,11,13H2,1H3,(H,21,22)/t15-/m0/s1. The molecular weight excluding hydrogens is 342 g/mol. The SMILES string of the molecule is Cn1nc(C(=O)N2CCC[C@H](c3[nH]ncc3-c3ccccc3)C2)ccc1=O. The number of carbonyl (C=O) groups is 1. The van der Waals surface area contributed by atoms with Crippen LogP contribution in [0.4, 0.5) is 0 Å². The summed E-state index contributed by atoms with van der Waals surface area (Å²) in [6, 6.07) is 13.0. The molecule has 7 nitrogen and oxygen atoms in total. The first-order chi connectivity index (χ1) is 13.1. The van der Waals surface area contributed by atoms with Crippen molar-refractivity contribution in [1.82, 2.24) is 24.9 Å². The summed E-state index contributed by atoms with van der Waals surface area (Å²) in [5, 5.41) is 11.5. The number of hydrogen-bond acceptors (Lipinski definition) is 4. The van der Waals surface area contributed by atoms with Gasteiger partial charge in [0.15, 0.2) is 0 Å². The van der Waals surface area contributed by atoms with Crippen LogP contribution in [-0.2, 0) is 7.05 Å². The normalized spacial score (nSPS) is 17.1. The number of carbonyl (C=O) groups excluding carboxylic acids is 1. The van der Waals surface area contributed by atoms with Gasteiger partial charge in [-0.3, -0.25) is 14.7 Å². The molecule has 1 aliphatic rings. The Morgan fingerprint density at radius 3 is 2.78 bits per heavy atom. The minimum atomic E-state index is -0.229. The first-order valence-corrected chi connectivity index (χ1v) is 9.06. The van der Waals surface area contributed by atoms with Gasteiger partial charge in [0, 0.05) is 43.4 Å². The van der Waals surface area contributed by atoms with Gasteiger partial charge in [0.05, 0.1) is 6.20 Å². The summed E-state index contributed by atoms with van der Waals surface area (Å²) in [6.45, 7) is 1.29. The Balaban J connectivity index is 1.57. The van der Waals surface area contributed by atoms with Gasteiger partial charge in [-0.05, 0) is 24.5 Å². The maximum atomic E-state index is 12.9. The predicted octanol–water partition coefficient (Wildman–Crippen LogP) is 2.19. The molecule has 1 atom stereocenters. The lowest BCUT2D eigenvalue weighted by Crippen LogP contribution is -2.40. The van der Waals surface area contributed by atoms with Crippen molar-refractivity contribution in [3.8, 4) is 11.1 Å². The molecule has 7 heteroatoms. The summed E-state index contributed by atoms with van der Waals surface area (Å²) in [5.41, 5.74) is 3.32. The third-order valence-corrected chi connectivity index (χ3v) is 5.05. The summed E-state index contributed by atoms with van der Waals surface area (Å²) < 4.78 is 1.19. The third kappa shape index (κ3) is 3.40. The number of nitrogens with zero attached hydrogens (tertiary/aromatic N) is 4. The second kappa shape index (κ2) is 7.19. The van der Waals surface area contributed by atoms with E-state index in [9.17, 15) is 9.59 Å². The minimum Gasteiger partial charge on any atom is -0.337 e. The molecule has 1 amide bonds. The lowest BCUT2D eigenvalue weighted by molar-refractivity contribution is 0.0697. The zero-order valence-corrected chi connectivity index (χ0v) is 15.1. The molecule has 0 saturated carbocycles. The molecule has 138 valence electrons. The van der Waals surface area contributed by atoms with Crippen molar-refractivity contribution in [1.29, 1.82) is 0 Å². The Kier molecular flexibility index (Phi) is 4.58. The van der Waals surface area contributed by atoms with Crippen molar-refractivity contribution >= 4 is 5.91 Å². The quantitative estimate of drug-likeness (QED) is 0.773. The van der Waals surface area contributed by atoms with E-state index < -0.39 is 0 Å². The van der Waals surface area contributed by atoms with Gasteiger partial charge < -0.3 is 4.90 Å². The monoisotopic (exact) mass is 363 g/mol. The number of aromatic nitrogens is 4. The molecule has 0 radical (unpaired) electrons. The average molecular weight is 363 g/mol. The molecular formula is C20H21N5O2. The highest BCUT2D eigenvalue weighted by molar-refractivity contribution is 5.92. The number of aromatic amines is 1. The van der Waals surface area contributed by atoms with Crippen LogP contribution in [0.1, 0.15) is 34.9 Å². The molecule has 1 saturated heterocycles. The lowest BCUT2D eigenvalue weighted by Gasteiger charge is -2.32. The maximum absolute atomic E-state index is 12.9. The van der Waals surface area contributed by atoms with E-state index in [0.29, 0.717) is 18.8 Å². The van der Waals surface area contributed by atoms with E-state index in [-0.39, 0.29) is 17.4 Å².